The van der Waals surface area contributed by atoms with Crippen molar-refractivity contribution in [1.29, 1.82) is 0 Å². The van der Waals surface area contributed by atoms with Crippen LogP contribution in [0, 0.1) is 0 Å². The van der Waals surface area contributed by atoms with E-state index in [0.29, 0.717) is 12.2 Å². The van der Waals surface area contributed by atoms with E-state index < -0.39 is 5.60 Å². The summed E-state index contributed by atoms with van der Waals surface area (Å²) in [4.78, 5) is 11.8. The lowest BCUT2D eigenvalue weighted by molar-refractivity contribution is -0.0287. The largest absolute Gasteiger partial charge is 0.388 e. The molecule has 6 nitrogen and oxygen atoms in total. The van der Waals surface area contributed by atoms with Crippen molar-refractivity contribution in [2.24, 2.45) is 0 Å². The zero-order valence-corrected chi connectivity index (χ0v) is 11.6. The van der Waals surface area contributed by atoms with Gasteiger partial charge in [-0.25, -0.2) is 4.79 Å². The second-order valence-electron chi connectivity index (χ2n) is 5.43. The number of hydrogen-bond acceptors (Lipinski definition) is 3. The number of nitrogens with one attached hydrogen (secondary N) is 3. The highest BCUT2D eigenvalue weighted by Crippen LogP contribution is 2.30. The first-order chi connectivity index (χ1) is 10.1. The highest BCUT2D eigenvalue weighted by atomic mass is 16.3. The van der Waals surface area contributed by atoms with Crippen LogP contribution in [0.15, 0.2) is 36.5 Å². The van der Waals surface area contributed by atoms with Crippen LogP contribution >= 0.6 is 0 Å². The molecule has 0 aliphatic heterocycles. The molecule has 1 aliphatic carbocycles. The second-order valence-corrected chi connectivity index (χ2v) is 5.43. The summed E-state index contributed by atoms with van der Waals surface area (Å²) in [5.74, 6) is 0. The van der Waals surface area contributed by atoms with Crippen molar-refractivity contribution in [3.05, 3.63) is 36.5 Å². The van der Waals surface area contributed by atoms with Crippen molar-refractivity contribution in [3.63, 3.8) is 0 Å². The molecule has 1 saturated carbocycles. The third kappa shape index (κ3) is 3.22. The predicted octanol–water partition coefficient (Wildman–Crippen LogP) is 2.11. The molecule has 1 aliphatic rings. The van der Waals surface area contributed by atoms with Crippen molar-refractivity contribution in [2.75, 3.05) is 11.9 Å². The molecule has 0 atom stereocenters. The molecule has 1 aromatic carbocycles. The minimum Gasteiger partial charge on any atom is -0.388 e. The number of rotatable bonds is 4. The van der Waals surface area contributed by atoms with E-state index >= 15 is 0 Å². The van der Waals surface area contributed by atoms with Gasteiger partial charge in [-0.05, 0) is 43.0 Å². The average molecular weight is 286 g/mol. The normalized spacial score (nSPS) is 16.0. The van der Waals surface area contributed by atoms with Gasteiger partial charge in [-0.2, -0.15) is 5.10 Å². The monoisotopic (exact) mass is 286 g/mol. The number of aromatic nitrogens is 2. The van der Waals surface area contributed by atoms with Gasteiger partial charge in [0.25, 0.3) is 0 Å². The van der Waals surface area contributed by atoms with Crippen molar-refractivity contribution in [1.82, 2.24) is 15.5 Å². The Morgan fingerprint density at radius 2 is 2.05 bits per heavy atom. The lowest BCUT2D eigenvalue weighted by Crippen LogP contribution is -2.48. The number of anilines is 1. The molecule has 6 heteroatoms. The van der Waals surface area contributed by atoms with Gasteiger partial charge in [0.1, 0.15) is 0 Å². The molecule has 1 heterocycles. The average Bonchev–Trinajstić information content (AvgIpc) is 2.98. The molecule has 1 aromatic heterocycles. The first-order valence-electron chi connectivity index (χ1n) is 7.02. The van der Waals surface area contributed by atoms with E-state index in [1.807, 2.05) is 30.3 Å². The Kier molecular flexibility index (Phi) is 3.62. The summed E-state index contributed by atoms with van der Waals surface area (Å²) < 4.78 is 0. The molecule has 0 radical (unpaired) electrons. The number of H-pyrrole nitrogens is 1. The lowest BCUT2D eigenvalue weighted by Gasteiger charge is -2.36. The topological polar surface area (TPSA) is 90.0 Å². The third-order valence-electron chi connectivity index (χ3n) is 3.82. The number of carbonyl (C=O) groups excluding carboxylic acids is 1. The molecule has 0 saturated heterocycles. The standard InChI is InChI=1S/C15H18N4O2/c20-14(16-10-15(21)7-1-8-15)18-12-4-2-11(3-5-12)13-6-9-17-19-13/h2-6,9,21H,1,7-8,10H2,(H,17,19)(H2,16,18,20). The maximum atomic E-state index is 11.8. The summed E-state index contributed by atoms with van der Waals surface area (Å²) in [5, 5.41) is 22.2. The maximum absolute atomic E-state index is 11.8. The number of hydrogen-bond donors (Lipinski definition) is 4. The van der Waals surface area contributed by atoms with Gasteiger partial charge in [-0.1, -0.05) is 12.1 Å². The number of benzene rings is 1. The van der Waals surface area contributed by atoms with E-state index in [1.165, 1.54) is 0 Å². The molecule has 1 fully saturated rings. The molecule has 2 amide bonds. The zero-order chi connectivity index (χ0) is 14.7. The fourth-order valence-corrected chi connectivity index (χ4v) is 2.33. The Morgan fingerprint density at radius 1 is 1.29 bits per heavy atom. The van der Waals surface area contributed by atoms with Crippen LogP contribution in [0.1, 0.15) is 19.3 Å². The summed E-state index contributed by atoms with van der Waals surface area (Å²) in [7, 11) is 0. The highest BCUT2D eigenvalue weighted by Gasteiger charge is 2.34. The first kappa shape index (κ1) is 13.6. The van der Waals surface area contributed by atoms with Crippen LogP contribution in [0.3, 0.4) is 0 Å². The van der Waals surface area contributed by atoms with E-state index in [4.69, 9.17) is 0 Å². The molecular weight excluding hydrogens is 268 g/mol. The lowest BCUT2D eigenvalue weighted by atomic mass is 9.80. The van der Waals surface area contributed by atoms with Crippen LogP contribution in [-0.4, -0.2) is 33.5 Å². The fourth-order valence-electron chi connectivity index (χ4n) is 2.33. The summed E-state index contributed by atoms with van der Waals surface area (Å²) in [6.45, 7) is 0.297. The van der Waals surface area contributed by atoms with Crippen molar-refractivity contribution in [3.8, 4) is 11.3 Å². The number of amides is 2. The molecule has 3 rings (SSSR count). The Labute approximate surface area is 122 Å². The van der Waals surface area contributed by atoms with E-state index in [2.05, 4.69) is 20.8 Å². The molecule has 0 unspecified atom stereocenters. The first-order valence-corrected chi connectivity index (χ1v) is 7.02. The van der Waals surface area contributed by atoms with Crippen LogP contribution in [-0.2, 0) is 0 Å². The quantitative estimate of drug-likeness (QED) is 0.694. The van der Waals surface area contributed by atoms with Gasteiger partial charge in [0.05, 0.1) is 11.3 Å². The van der Waals surface area contributed by atoms with Crippen molar-refractivity contribution < 1.29 is 9.90 Å². The molecule has 110 valence electrons. The Bertz CT molecular complexity index is 603. The molecule has 0 spiro atoms. The Morgan fingerprint density at radius 3 is 2.62 bits per heavy atom. The molecular formula is C15H18N4O2. The minimum absolute atomic E-state index is 0.297. The van der Waals surface area contributed by atoms with E-state index in [9.17, 15) is 9.90 Å². The number of urea groups is 1. The molecule has 2 aromatic rings. The van der Waals surface area contributed by atoms with Crippen LogP contribution in [0.5, 0.6) is 0 Å². The Balaban J connectivity index is 1.54. The van der Waals surface area contributed by atoms with Gasteiger partial charge < -0.3 is 15.7 Å². The molecule has 0 bridgehead atoms. The van der Waals surface area contributed by atoms with Crippen molar-refractivity contribution in [2.45, 2.75) is 24.9 Å². The SMILES string of the molecule is O=C(NCC1(O)CCC1)Nc1ccc(-c2ccn[nH]2)cc1. The van der Waals surface area contributed by atoms with Gasteiger partial charge in [0.2, 0.25) is 0 Å². The van der Waals surface area contributed by atoms with Crippen LogP contribution in [0.2, 0.25) is 0 Å². The zero-order valence-electron chi connectivity index (χ0n) is 11.6. The summed E-state index contributed by atoms with van der Waals surface area (Å²) in [5.41, 5.74) is 1.93. The maximum Gasteiger partial charge on any atom is 0.319 e. The molecule has 21 heavy (non-hydrogen) atoms. The van der Waals surface area contributed by atoms with Crippen molar-refractivity contribution >= 4 is 11.7 Å². The smallest absolute Gasteiger partial charge is 0.319 e. The number of aromatic amines is 1. The fraction of sp³-hybridized carbons (Fsp3) is 0.333. The summed E-state index contributed by atoms with van der Waals surface area (Å²) in [6, 6.07) is 9.05. The van der Waals surface area contributed by atoms with Crippen LogP contribution < -0.4 is 10.6 Å². The van der Waals surface area contributed by atoms with E-state index in [1.54, 1.807) is 6.20 Å². The van der Waals surface area contributed by atoms with Gasteiger partial charge in [-0.3, -0.25) is 5.10 Å². The Hall–Kier alpha value is -2.34. The van der Waals surface area contributed by atoms with Crippen LogP contribution in [0.4, 0.5) is 10.5 Å². The minimum atomic E-state index is -0.707. The van der Waals surface area contributed by atoms with Gasteiger partial charge in [0, 0.05) is 18.4 Å². The van der Waals surface area contributed by atoms with Gasteiger partial charge >= 0.3 is 6.03 Å². The van der Waals surface area contributed by atoms with E-state index in [0.717, 1.165) is 30.5 Å². The number of aliphatic hydroxyl groups is 1. The van der Waals surface area contributed by atoms with Crippen LogP contribution in [0.25, 0.3) is 11.3 Å². The second kappa shape index (κ2) is 5.57. The highest BCUT2D eigenvalue weighted by molar-refractivity contribution is 5.89. The number of carbonyl (C=O) groups is 1. The number of nitrogens with zero attached hydrogens (tertiary/aromatic N) is 1. The summed E-state index contributed by atoms with van der Waals surface area (Å²) >= 11 is 0. The summed E-state index contributed by atoms with van der Waals surface area (Å²) in [6.07, 6.45) is 4.23. The van der Waals surface area contributed by atoms with Gasteiger partial charge in [0.15, 0.2) is 0 Å². The third-order valence-corrected chi connectivity index (χ3v) is 3.82. The van der Waals surface area contributed by atoms with Gasteiger partial charge in [-0.15, -0.1) is 0 Å². The van der Waals surface area contributed by atoms with E-state index in [-0.39, 0.29) is 6.03 Å². The molecule has 4 N–H and O–H groups in total. The predicted molar refractivity (Wildman–Crippen MR) is 79.8 cm³/mol.